The minimum atomic E-state index is -0.765. The van der Waals surface area contributed by atoms with Gasteiger partial charge < -0.3 is 10.5 Å². The Morgan fingerprint density at radius 2 is 1.97 bits per heavy atom. The minimum Gasteiger partial charge on any atom is -0.443 e. The van der Waals surface area contributed by atoms with Gasteiger partial charge in [-0.1, -0.05) is 12.1 Å². The number of nitrogens with two attached hydrogens (primary N) is 1. The molecule has 0 amide bonds. The predicted octanol–water partition coefficient (Wildman–Crippen LogP) is 2.55. The van der Waals surface area contributed by atoms with Crippen LogP contribution in [0.1, 0.15) is 26.5 Å². The number of nitrogen functional groups attached to an aromatic ring is 1. The third kappa shape index (κ3) is 3.60. The van der Waals surface area contributed by atoms with Crippen LogP contribution >= 0.6 is 22.6 Å². The highest BCUT2D eigenvalue weighted by Gasteiger charge is 2.23. The van der Waals surface area contributed by atoms with E-state index >= 15 is 0 Å². The van der Waals surface area contributed by atoms with Crippen LogP contribution in [0.4, 0.5) is 10.6 Å². The molecule has 0 aliphatic carbocycles. The Bertz CT molecular complexity index is 1350. The van der Waals surface area contributed by atoms with Gasteiger partial charge in [-0.05, 0) is 55.5 Å². The van der Waals surface area contributed by atoms with Gasteiger partial charge in [0.15, 0.2) is 5.65 Å². The fraction of sp³-hybridized carbons (Fsp3) is 0.263. The van der Waals surface area contributed by atoms with Gasteiger partial charge in [0.1, 0.15) is 27.1 Å². The summed E-state index contributed by atoms with van der Waals surface area (Å²) in [5.74, 6) is 0.299. The third-order valence-corrected chi connectivity index (χ3v) is 4.97. The van der Waals surface area contributed by atoms with E-state index < -0.39 is 17.3 Å². The van der Waals surface area contributed by atoms with Crippen LogP contribution in [0.5, 0.6) is 0 Å². The van der Waals surface area contributed by atoms with Crippen molar-refractivity contribution in [1.29, 1.82) is 0 Å². The summed E-state index contributed by atoms with van der Waals surface area (Å²) in [4.78, 5) is 38.7. The lowest BCUT2D eigenvalue weighted by Gasteiger charge is -2.20. The van der Waals surface area contributed by atoms with Gasteiger partial charge in [-0.15, -0.1) is 0 Å². The molecule has 3 aromatic heterocycles. The van der Waals surface area contributed by atoms with Gasteiger partial charge in [0.05, 0.1) is 23.0 Å². The maximum absolute atomic E-state index is 13.2. The number of para-hydroxylation sites is 2. The van der Waals surface area contributed by atoms with Crippen molar-refractivity contribution in [1.82, 2.24) is 29.3 Å². The molecule has 0 aliphatic rings. The molecule has 0 aliphatic heterocycles. The molecule has 2 N–H and O–H groups in total. The second-order valence-electron chi connectivity index (χ2n) is 7.57. The summed E-state index contributed by atoms with van der Waals surface area (Å²) in [5, 5.41) is 5.02. The van der Waals surface area contributed by atoms with E-state index in [0.717, 1.165) is 4.57 Å². The molecule has 0 radical (unpaired) electrons. The smallest absolute Gasteiger partial charge is 0.422 e. The van der Waals surface area contributed by atoms with E-state index in [1.807, 2.05) is 22.6 Å². The SMILES string of the molecule is CC(C)(C)OC(=O)n1c(=O)c(Cn2nc(I)c3c(N)ncnc32)nc2ccccc21. The Labute approximate surface area is 184 Å². The highest BCUT2D eigenvalue weighted by atomic mass is 127. The van der Waals surface area contributed by atoms with Crippen LogP contribution in [0.2, 0.25) is 0 Å². The molecule has 4 rings (SSSR count). The van der Waals surface area contributed by atoms with Gasteiger partial charge in [0.2, 0.25) is 0 Å². The zero-order valence-electron chi connectivity index (χ0n) is 16.5. The number of carbonyl (C=O) groups is 1. The quantitative estimate of drug-likeness (QED) is 0.400. The first-order valence-electron chi connectivity index (χ1n) is 9.02. The average Bonchev–Trinajstić information content (AvgIpc) is 2.97. The van der Waals surface area contributed by atoms with E-state index in [1.165, 1.54) is 11.0 Å². The summed E-state index contributed by atoms with van der Waals surface area (Å²) in [6.07, 6.45) is 0.567. The molecule has 0 unspecified atom stereocenters. The Balaban J connectivity index is 1.89. The number of aromatic nitrogens is 6. The molecule has 0 atom stereocenters. The fourth-order valence-electron chi connectivity index (χ4n) is 3.01. The number of benzene rings is 1. The Morgan fingerprint density at radius 1 is 1.23 bits per heavy atom. The van der Waals surface area contributed by atoms with Gasteiger partial charge in [-0.2, -0.15) is 5.10 Å². The summed E-state index contributed by atoms with van der Waals surface area (Å²) in [6.45, 7) is 5.22. The molecule has 30 heavy (non-hydrogen) atoms. The van der Waals surface area contributed by atoms with Gasteiger partial charge in [0, 0.05) is 0 Å². The molecule has 0 spiro atoms. The topological polar surface area (TPSA) is 131 Å². The number of nitrogens with zero attached hydrogens (tertiary/aromatic N) is 6. The standard InChI is InChI=1S/C19H18IN7O3/c1-19(2,3)30-18(29)27-12-7-5-4-6-10(12)24-11(17(27)28)8-26-16-13(14(20)25-26)15(21)22-9-23-16/h4-7,9H,8H2,1-3H3,(H2,21,22,23). The third-order valence-electron chi connectivity index (χ3n) is 4.22. The van der Waals surface area contributed by atoms with Crippen molar-refractivity contribution in [3.63, 3.8) is 0 Å². The predicted molar refractivity (Wildman–Crippen MR) is 119 cm³/mol. The molecule has 154 valence electrons. The summed E-state index contributed by atoms with van der Waals surface area (Å²) >= 11 is 2.03. The number of hydrogen-bond acceptors (Lipinski definition) is 8. The molecule has 0 saturated carbocycles. The van der Waals surface area contributed by atoms with E-state index in [4.69, 9.17) is 10.5 Å². The van der Waals surface area contributed by atoms with Gasteiger partial charge in [-0.25, -0.2) is 29.0 Å². The number of fused-ring (bicyclic) bond motifs is 2. The van der Waals surface area contributed by atoms with Crippen molar-refractivity contribution < 1.29 is 9.53 Å². The Kier molecular flexibility index (Phi) is 4.92. The minimum absolute atomic E-state index is 0.00240. The number of hydrogen-bond donors (Lipinski definition) is 1. The first-order valence-corrected chi connectivity index (χ1v) is 10.1. The largest absolute Gasteiger partial charge is 0.443 e. The fourth-order valence-corrected chi connectivity index (χ4v) is 3.79. The molecule has 3 heterocycles. The molecular formula is C19H18IN7O3. The van der Waals surface area contributed by atoms with Crippen LogP contribution in [0.25, 0.3) is 22.1 Å². The maximum atomic E-state index is 13.2. The Morgan fingerprint density at radius 3 is 2.70 bits per heavy atom. The number of carbonyl (C=O) groups excluding carboxylic acids is 1. The van der Waals surface area contributed by atoms with Crippen LogP contribution in [0.3, 0.4) is 0 Å². The van der Waals surface area contributed by atoms with E-state index in [0.29, 0.717) is 31.6 Å². The first-order chi connectivity index (χ1) is 14.2. The van der Waals surface area contributed by atoms with Crippen LogP contribution in [0.15, 0.2) is 35.4 Å². The summed E-state index contributed by atoms with van der Waals surface area (Å²) in [6, 6.07) is 6.89. The molecule has 10 nitrogen and oxygen atoms in total. The lowest BCUT2D eigenvalue weighted by Crippen LogP contribution is -2.36. The molecule has 4 aromatic rings. The number of rotatable bonds is 2. The van der Waals surface area contributed by atoms with Crippen molar-refractivity contribution in [3.8, 4) is 0 Å². The molecule has 11 heteroatoms. The van der Waals surface area contributed by atoms with E-state index in [-0.39, 0.29) is 12.2 Å². The van der Waals surface area contributed by atoms with Gasteiger partial charge in [0.25, 0.3) is 5.56 Å². The summed E-state index contributed by atoms with van der Waals surface area (Å²) in [7, 11) is 0. The van der Waals surface area contributed by atoms with Crippen LogP contribution in [-0.2, 0) is 11.3 Å². The van der Waals surface area contributed by atoms with E-state index in [2.05, 4.69) is 20.1 Å². The lowest BCUT2D eigenvalue weighted by molar-refractivity contribution is 0.0537. The number of halogens is 1. The second kappa shape index (κ2) is 7.31. The van der Waals surface area contributed by atoms with Crippen LogP contribution in [-0.4, -0.2) is 41.0 Å². The molecule has 1 aromatic carbocycles. The zero-order valence-corrected chi connectivity index (χ0v) is 18.6. The molecule has 0 saturated heterocycles. The summed E-state index contributed by atoms with van der Waals surface area (Å²) in [5.41, 5.74) is 6.05. The normalized spacial score (nSPS) is 11.9. The van der Waals surface area contributed by atoms with Gasteiger partial charge in [-0.3, -0.25) is 4.79 Å². The van der Waals surface area contributed by atoms with E-state index in [9.17, 15) is 9.59 Å². The Hall–Kier alpha value is -3.09. The number of ether oxygens (including phenoxy) is 1. The molecule has 0 bridgehead atoms. The van der Waals surface area contributed by atoms with E-state index in [1.54, 1.807) is 45.0 Å². The molecular weight excluding hydrogens is 501 g/mol. The van der Waals surface area contributed by atoms with Crippen molar-refractivity contribution in [2.24, 2.45) is 0 Å². The van der Waals surface area contributed by atoms with Crippen LogP contribution < -0.4 is 11.3 Å². The van der Waals surface area contributed by atoms with Crippen molar-refractivity contribution in [2.45, 2.75) is 32.9 Å². The van der Waals surface area contributed by atoms with Crippen molar-refractivity contribution in [3.05, 3.63) is 50.3 Å². The molecule has 0 fully saturated rings. The zero-order chi connectivity index (χ0) is 21.6. The average molecular weight is 519 g/mol. The van der Waals surface area contributed by atoms with Gasteiger partial charge >= 0.3 is 6.09 Å². The highest BCUT2D eigenvalue weighted by molar-refractivity contribution is 14.1. The maximum Gasteiger partial charge on any atom is 0.422 e. The lowest BCUT2D eigenvalue weighted by atomic mass is 10.2. The number of anilines is 1. The van der Waals surface area contributed by atoms with Crippen molar-refractivity contribution >= 4 is 56.6 Å². The second-order valence-corrected chi connectivity index (χ2v) is 8.60. The highest BCUT2D eigenvalue weighted by Crippen LogP contribution is 2.23. The van der Waals surface area contributed by atoms with Crippen LogP contribution in [0, 0.1) is 3.70 Å². The first kappa shape index (κ1) is 20.2. The summed E-state index contributed by atoms with van der Waals surface area (Å²) < 4.78 is 8.57. The monoisotopic (exact) mass is 519 g/mol. The van der Waals surface area contributed by atoms with Crippen molar-refractivity contribution in [2.75, 3.05) is 5.73 Å².